The second-order valence-corrected chi connectivity index (χ2v) is 3.43. The molecule has 0 fully saturated rings. The SMILES string of the molecule is CCC(N=NC(CC)C(=O)Cl)C(=O)Cl. The van der Waals surface area contributed by atoms with Gasteiger partial charge in [0.25, 0.3) is 0 Å². The minimum absolute atomic E-state index is 0.457. The van der Waals surface area contributed by atoms with E-state index in [1.165, 1.54) is 0 Å². The van der Waals surface area contributed by atoms with Crippen molar-refractivity contribution in [1.82, 2.24) is 0 Å². The molecular formula is C8H12Cl2N2O2. The Morgan fingerprint density at radius 1 is 1.00 bits per heavy atom. The minimum Gasteiger partial charge on any atom is -0.279 e. The molecular weight excluding hydrogens is 227 g/mol. The van der Waals surface area contributed by atoms with Gasteiger partial charge in [0.15, 0.2) is 0 Å². The molecule has 0 heterocycles. The summed E-state index contributed by atoms with van der Waals surface area (Å²) < 4.78 is 0. The summed E-state index contributed by atoms with van der Waals surface area (Å²) in [5.74, 6) is 0. The van der Waals surface area contributed by atoms with Crippen molar-refractivity contribution in [3.63, 3.8) is 0 Å². The molecule has 80 valence electrons. The van der Waals surface area contributed by atoms with E-state index in [1.807, 2.05) is 0 Å². The largest absolute Gasteiger partial charge is 0.279 e. The second-order valence-electron chi connectivity index (χ2n) is 2.69. The van der Waals surface area contributed by atoms with Crippen molar-refractivity contribution < 1.29 is 9.59 Å². The van der Waals surface area contributed by atoms with Crippen LogP contribution in [-0.4, -0.2) is 22.6 Å². The maximum absolute atomic E-state index is 10.7. The fraction of sp³-hybridized carbons (Fsp3) is 0.750. The van der Waals surface area contributed by atoms with Crippen molar-refractivity contribution in [3.05, 3.63) is 0 Å². The van der Waals surface area contributed by atoms with E-state index >= 15 is 0 Å². The first-order valence-corrected chi connectivity index (χ1v) is 5.07. The van der Waals surface area contributed by atoms with Gasteiger partial charge in [-0.05, 0) is 36.0 Å². The van der Waals surface area contributed by atoms with E-state index in [2.05, 4.69) is 10.2 Å². The molecule has 6 heteroatoms. The zero-order valence-electron chi connectivity index (χ0n) is 8.04. The summed E-state index contributed by atoms with van der Waals surface area (Å²) in [6.45, 7) is 3.51. The molecule has 0 rings (SSSR count). The predicted octanol–water partition coefficient (Wildman–Crippen LogP) is 2.53. The molecule has 0 aliphatic rings. The van der Waals surface area contributed by atoms with Gasteiger partial charge in [-0.1, -0.05) is 13.8 Å². The Kier molecular flexibility index (Phi) is 6.66. The zero-order valence-corrected chi connectivity index (χ0v) is 9.55. The third-order valence-corrected chi connectivity index (χ3v) is 2.15. The molecule has 0 aromatic carbocycles. The number of halogens is 2. The van der Waals surface area contributed by atoms with Crippen LogP contribution < -0.4 is 0 Å². The summed E-state index contributed by atoms with van der Waals surface area (Å²) in [6, 6.07) is -1.36. The maximum Gasteiger partial charge on any atom is 0.248 e. The van der Waals surface area contributed by atoms with Crippen LogP contribution in [0, 0.1) is 0 Å². The molecule has 0 saturated carbocycles. The van der Waals surface area contributed by atoms with Gasteiger partial charge in [0.05, 0.1) is 0 Å². The molecule has 0 aliphatic heterocycles. The van der Waals surface area contributed by atoms with Gasteiger partial charge in [0.2, 0.25) is 10.5 Å². The Labute approximate surface area is 92.7 Å². The summed E-state index contributed by atoms with van der Waals surface area (Å²) >= 11 is 10.5. The molecule has 0 aromatic rings. The highest BCUT2D eigenvalue weighted by atomic mass is 35.5. The lowest BCUT2D eigenvalue weighted by Gasteiger charge is -2.04. The summed E-state index contributed by atoms with van der Waals surface area (Å²) in [7, 11) is 0. The Morgan fingerprint density at radius 2 is 1.29 bits per heavy atom. The van der Waals surface area contributed by atoms with Gasteiger partial charge >= 0.3 is 0 Å². The summed E-state index contributed by atoms with van der Waals surface area (Å²) in [6.07, 6.45) is 0.914. The molecule has 0 N–H and O–H groups in total. The first kappa shape index (κ1) is 13.5. The lowest BCUT2D eigenvalue weighted by molar-refractivity contribution is -0.114. The number of hydrogen-bond acceptors (Lipinski definition) is 4. The second kappa shape index (κ2) is 6.90. The van der Waals surface area contributed by atoms with Crippen LogP contribution in [0.5, 0.6) is 0 Å². The molecule has 0 aliphatic carbocycles. The van der Waals surface area contributed by atoms with E-state index < -0.39 is 22.6 Å². The van der Waals surface area contributed by atoms with Crippen molar-refractivity contribution in [2.24, 2.45) is 10.2 Å². The van der Waals surface area contributed by atoms with Gasteiger partial charge in [-0.3, -0.25) is 9.59 Å². The summed E-state index contributed by atoms with van der Waals surface area (Å²) in [5, 5.41) is 6.19. The van der Waals surface area contributed by atoms with Gasteiger partial charge in [-0.2, -0.15) is 10.2 Å². The van der Waals surface area contributed by atoms with E-state index in [0.717, 1.165) is 0 Å². The smallest absolute Gasteiger partial charge is 0.248 e. The minimum atomic E-state index is -0.679. The van der Waals surface area contributed by atoms with Gasteiger partial charge < -0.3 is 0 Å². The zero-order chi connectivity index (χ0) is 11.1. The van der Waals surface area contributed by atoms with Crippen LogP contribution in [0.4, 0.5) is 0 Å². The average molecular weight is 239 g/mol. The highest BCUT2D eigenvalue weighted by Crippen LogP contribution is 2.08. The van der Waals surface area contributed by atoms with Crippen LogP contribution in [0.15, 0.2) is 10.2 Å². The molecule has 0 amide bonds. The third kappa shape index (κ3) is 4.67. The maximum atomic E-state index is 10.7. The number of nitrogens with zero attached hydrogens (tertiary/aromatic N) is 2. The van der Waals surface area contributed by atoms with Crippen LogP contribution >= 0.6 is 23.2 Å². The van der Waals surface area contributed by atoms with Crippen molar-refractivity contribution >= 4 is 33.7 Å². The van der Waals surface area contributed by atoms with Crippen LogP contribution in [-0.2, 0) is 9.59 Å². The van der Waals surface area contributed by atoms with Gasteiger partial charge in [-0.25, -0.2) is 0 Å². The van der Waals surface area contributed by atoms with E-state index in [0.29, 0.717) is 12.8 Å². The lowest BCUT2D eigenvalue weighted by atomic mass is 10.2. The quantitative estimate of drug-likeness (QED) is 0.528. The van der Waals surface area contributed by atoms with E-state index in [4.69, 9.17) is 23.2 Å². The summed E-state index contributed by atoms with van der Waals surface area (Å²) in [4.78, 5) is 21.5. The van der Waals surface area contributed by atoms with Crippen molar-refractivity contribution in [3.8, 4) is 0 Å². The van der Waals surface area contributed by atoms with Gasteiger partial charge in [0.1, 0.15) is 12.1 Å². The molecule has 0 radical (unpaired) electrons. The molecule has 4 nitrogen and oxygen atoms in total. The Bertz CT molecular complexity index is 219. The van der Waals surface area contributed by atoms with Gasteiger partial charge in [0, 0.05) is 0 Å². The number of hydrogen-bond donors (Lipinski definition) is 0. The highest BCUT2D eigenvalue weighted by Gasteiger charge is 2.16. The predicted molar refractivity (Wildman–Crippen MR) is 54.7 cm³/mol. The highest BCUT2D eigenvalue weighted by molar-refractivity contribution is 6.65. The number of carbonyl (C=O) groups excluding carboxylic acids is 2. The van der Waals surface area contributed by atoms with E-state index in [9.17, 15) is 9.59 Å². The molecule has 0 spiro atoms. The molecule has 0 aromatic heterocycles. The topological polar surface area (TPSA) is 58.9 Å². The fourth-order valence-electron chi connectivity index (χ4n) is 0.736. The normalized spacial score (nSPS) is 15.4. The Hall–Kier alpha value is -0.480. The first-order valence-electron chi connectivity index (χ1n) is 4.31. The van der Waals surface area contributed by atoms with Crippen molar-refractivity contribution in [1.29, 1.82) is 0 Å². The van der Waals surface area contributed by atoms with Crippen LogP contribution in [0.25, 0.3) is 0 Å². The number of azo groups is 1. The van der Waals surface area contributed by atoms with E-state index in [1.54, 1.807) is 13.8 Å². The van der Waals surface area contributed by atoms with Crippen molar-refractivity contribution in [2.75, 3.05) is 0 Å². The fourth-order valence-corrected chi connectivity index (χ4v) is 1.13. The van der Waals surface area contributed by atoms with Crippen LogP contribution in [0.1, 0.15) is 26.7 Å². The molecule has 2 atom stereocenters. The molecule has 0 saturated heterocycles. The molecule has 14 heavy (non-hydrogen) atoms. The Morgan fingerprint density at radius 3 is 1.43 bits per heavy atom. The number of rotatable bonds is 6. The standard InChI is InChI=1S/C8H12Cl2N2O2/c1-3-5(7(9)13)11-12-6(4-2)8(10)14/h5-6H,3-4H2,1-2H3. The number of carbonyl (C=O) groups is 2. The summed E-state index contributed by atoms with van der Waals surface area (Å²) in [5.41, 5.74) is 0. The molecule has 0 bridgehead atoms. The first-order chi connectivity index (χ1) is 6.52. The van der Waals surface area contributed by atoms with Crippen molar-refractivity contribution in [2.45, 2.75) is 38.8 Å². The monoisotopic (exact) mass is 238 g/mol. The molecule has 2 unspecified atom stereocenters. The average Bonchev–Trinajstić information content (AvgIpc) is 2.11. The van der Waals surface area contributed by atoms with E-state index in [-0.39, 0.29) is 0 Å². The Balaban J connectivity index is 4.37. The van der Waals surface area contributed by atoms with Crippen LogP contribution in [0.2, 0.25) is 0 Å². The van der Waals surface area contributed by atoms with Gasteiger partial charge in [-0.15, -0.1) is 0 Å². The van der Waals surface area contributed by atoms with Crippen LogP contribution in [0.3, 0.4) is 0 Å². The lowest BCUT2D eigenvalue weighted by Crippen LogP contribution is -2.15. The third-order valence-electron chi connectivity index (χ3n) is 1.64.